The highest BCUT2D eigenvalue weighted by Gasteiger charge is 2.03. The molecule has 0 radical (unpaired) electrons. The Balaban J connectivity index is 2.15. The average molecular weight is 310 g/mol. The van der Waals surface area contributed by atoms with Gasteiger partial charge in [0.15, 0.2) is 0 Å². The van der Waals surface area contributed by atoms with Crippen LogP contribution in [0.2, 0.25) is 0 Å². The smallest absolute Gasteiger partial charge is 0.116 e. The summed E-state index contributed by atoms with van der Waals surface area (Å²) < 4.78 is 1.12. The maximum atomic E-state index is 4.19. The van der Waals surface area contributed by atoms with Crippen molar-refractivity contribution in [1.29, 1.82) is 0 Å². The van der Waals surface area contributed by atoms with Gasteiger partial charge >= 0.3 is 0 Å². The number of hydrogen-bond donors (Lipinski definition) is 1. The zero-order valence-electron chi connectivity index (χ0n) is 9.35. The molecule has 1 heterocycles. The van der Waals surface area contributed by atoms with Crippen molar-refractivity contribution in [2.45, 2.75) is 16.5 Å². The van der Waals surface area contributed by atoms with Gasteiger partial charge < -0.3 is 5.32 Å². The van der Waals surface area contributed by atoms with Gasteiger partial charge in [0.1, 0.15) is 11.4 Å². The molecule has 5 heteroatoms. The van der Waals surface area contributed by atoms with Crippen molar-refractivity contribution >= 4 is 27.7 Å². The molecule has 2 aromatic rings. The maximum absolute atomic E-state index is 4.19. The average Bonchev–Trinajstić information content (AvgIpc) is 2.34. The molecule has 0 amide bonds. The van der Waals surface area contributed by atoms with E-state index in [1.54, 1.807) is 24.3 Å². The second-order valence-corrected chi connectivity index (χ2v) is 5.38. The first-order chi connectivity index (χ1) is 8.29. The molecule has 2 rings (SSSR count). The van der Waals surface area contributed by atoms with Gasteiger partial charge in [-0.3, -0.25) is 0 Å². The van der Waals surface area contributed by atoms with Crippen LogP contribution in [0.5, 0.6) is 0 Å². The molecule has 0 aliphatic carbocycles. The van der Waals surface area contributed by atoms with Crippen LogP contribution in [-0.2, 0) is 6.54 Å². The van der Waals surface area contributed by atoms with Gasteiger partial charge in [0.05, 0.1) is 0 Å². The first-order valence-electron chi connectivity index (χ1n) is 5.16. The van der Waals surface area contributed by atoms with Crippen molar-refractivity contribution in [2.24, 2.45) is 0 Å². The van der Waals surface area contributed by atoms with Gasteiger partial charge in [0.2, 0.25) is 0 Å². The van der Waals surface area contributed by atoms with Crippen LogP contribution in [-0.4, -0.2) is 17.0 Å². The van der Waals surface area contributed by atoms with E-state index >= 15 is 0 Å². The first-order valence-corrected chi connectivity index (χ1v) is 6.77. The van der Waals surface area contributed by atoms with E-state index in [2.05, 4.69) is 49.4 Å². The molecule has 0 saturated carbocycles. The van der Waals surface area contributed by atoms with Gasteiger partial charge in [0.25, 0.3) is 0 Å². The molecule has 0 bridgehead atoms. The summed E-state index contributed by atoms with van der Waals surface area (Å²) in [5, 5.41) is 4.09. The Morgan fingerprint density at radius 3 is 2.88 bits per heavy atom. The predicted molar refractivity (Wildman–Crippen MR) is 73.1 cm³/mol. The summed E-state index contributed by atoms with van der Waals surface area (Å²) in [6.07, 6.45) is 3.31. The summed E-state index contributed by atoms with van der Waals surface area (Å²) in [5.41, 5.74) is 1.25. The molecule has 17 heavy (non-hydrogen) atoms. The Bertz CT molecular complexity index is 490. The second-order valence-electron chi connectivity index (χ2n) is 3.43. The van der Waals surface area contributed by atoms with Gasteiger partial charge in [-0.2, -0.15) is 0 Å². The number of benzene rings is 1. The Morgan fingerprint density at radius 1 is 1.35 bits per heavy atom. The molecule has 3 nitrogen and oxygen atoms in total. The lowest BCUT2D eigenvalue weighted by Gasteiger charge is -2.06. The monoisotopic (exact) mass is 309 g/mol. The van der Waals surface area contributed by atoms with Crippen LogP contribution < -0.4 is 5.32 Å². The lowest BCUT2D eigenvalue weighted by Crippen LogP contribution is -2.05. The molecule has 0 atom stereocenters. The number of nitrogens with zero attached hydrogens (tertiary/aromatic N) is 2. The third kappa shape index (κ3) is 3.52. The van der Waals surface area contributed by atoms with E-state index in [0.717, 1.165) is 20.9 Å². The van der Waals surface area contributed by atoms with Crippen molar-refractivity contribution in [3.05, 3.63) is 46.8 Å². The topological polar surface area (TPSA) is 37.8 Å². The van der Waals surface area contributed by atoms with E-state index in [4.69, 9.17) is 0 Å². The normalized spacial score (nSPS) is 10.5. The molecule has 0 fully saturated rings. The molecule has 1 N–H and O–H groups in total. The predicted octanol–water partition coefficient (Wildman–Crippen LogP) is 3.11. The van der Waals surface area contributed by atoms with Crippen LogP contribution >= 0.6 is 27.7 Å². The van der Waals surface area contributed by atoms with E-state index in [9.17, 15) is 0 Å². The zero-order chi connectivity index (χ0) is 12.1. The minimum Gasteiger partial charge on any atom is -0.316 e. The molecule has 0 aliphatic rings. The van der Waals surface area contributed by atoms with E-state index in [1.807, 2.05) is 13.1 Å². The van der Waals surface area contributed by atoms with Crippen molar-refractivity contribution in [3.8, 4) is 0 Å². The number of hydrogen-bond acceptors (Lipinski definition) is 4. The third-order valence-electron chi connectivity index (χ3n) is 2.17. The van der Waals surface area contributed by atoms with Crippen LogP contribution in [0.1, 0.15) is 5.56 Å². The minimum absolute atomic E-state index is 0.860. The highest BCUT2D eigenvalue weighted by atomic mass is 79.9. The maximum Gasteiger partial charge on any atom is 0.116 e. The first kappa shape index (κ1) is 12.5. The van der Waals surface area contributed by atoms with Crippen molar-refractivity contribution in [1.82, 2.24) is 15.3 Å². The number of halogens is 1. The van der Waals surface area contributed by atoms with Crippen molar-refractivity contribution in [3.63, 3.8) is 0 Å². The zero-order valence-corrected chi connectivity index (χ0v) is 11.8. The van der Waals surface area contributed by atoms with Crippen molar-refractivity contribution in [2.75, 3.05) is 7.05 Å². The number of rotatable bonds is 4. The van der Waals surface area contributed by atoms with Crippen molar-refractivity contribution < 1.29 is 0 Å². The fraction of sp³-hybridized carbons (Fsp3) is 0.167. The van der Waals surface area contributed by atoms with E-state index < -0.39 is 0 Å². The Kier molecular flexibility index (Phi) is 4.53. The summed E-state index contributed by atoms with van der Waals surface area (Å²) in [6.45, 7) is 0.860. The number of nitrogens with one attached hydrogen (secondary N) is 1. The molecule has 0 saturated heterocycles. The lowest BCUT2D eigenvalue weighted by atomic mass is 10.2. The van der Waals surface area contributed by atoms with Gasteiger partial charge in [-0.1, -0.05) is 33.8 Å². The molecule has 88 valence electrons. The number of aromatic nitrogens is 2. The largest absolute Gasteiger partial charge is 0.316 e. The standard InChI is InChI=1S/C12H12BrN3S/c1-14-7-9-2-3-10(6-11(9)13)17-12-4-5-15-8-16-12/h2-6,8,14H,7H2,1H3. The summed E-state index contributed by atoms with van der Waals surface area (Å²) in [5.74, 6) is 0. The highest BCUT2D eigenvalue weighted by molar-refractivity contribution is 9.10. The Morgan fingerprint density at radius 2 is 2.24 bits per heavy atom. The van der Waals surface area contributed by atoms with Gasteiger partial charge in [-0.05, 0) is 30.8 Å². The quantitative estimate of drug-likeness (QED) is 0.881. The fourth-order valence-corrected chi connectivity index (χ4v) is 2.84. The second kappa shape index (κ2) is 6.14. The minimum atomic E-state index is 0.860. The molecular weight excluding hydrogens is 298 g/mol. The third-order valence-corrected chi connectivity index (χ3v) is 3.85. The van der Waals surface area contributed by atoms with Gasteiger partial charge in [-0.15, -0.1) is 0 Å². The highest BCUT2D eigenvalue weighted by Crippen LogP contribution is 2.29. The van der Waals surface area contributed by atoms with Crippen LogP contribution in [0.3, 0.4) is 0 Å². The summed E-state index contributed by atoms with van der Waals surface area (Å²) >= 11 is 5.20. The van der Waals surface area contributed by atoms with E-state index in [1.165, 1.54) is 5.56 Å². The molecule has 0 aliphatic heterocycles. The summed E-state index contributed by atoms with van der Waals surface area (Å²) in [6, 6.07) is 8.23. The van der Waals surface area contributed by atoms with E-state index in [-0.39, 0.29) is 0 Å². The van der Waals surface area contributed by atoms with Crippen LogP contribution in [0.25, 0.3) is 0 Å². The van der Waals surface area contributed by atoms with E-state index in [0.29, 0.717) is 0 Å². The van der Waals surface area contributed by atoms with Crippen LogP contribution in [0, 0.1) is 0 Å². The lowest BCUT2D eigenvalue weighted by molar-refractivity contribution is 0.813. The molecule has 1 aromatic carbocycles. The summed E-state index contributed by atoms with van der Waals surface area (Å²) in [7, 11) is 1.94. The van der Waals surface area contributed by atoms with Crippen LogP contribution in [0.15, 0.2) is 51.2 Å². The molecule has 0 spiro atoms. The molecular formula is C12H12BrN3S. The SMILES string of the molecule is CNCc1ccc(Sc2ccncn2)cc1Br. The van der Waals surface area contributed by atoms with Crippen LogP contribution in [0.4, 0.5) is 0 Å². The Labute approximate surface area is 113 Å². The van der Waals surface area contributed by atoms with Gasteiger partial charge in [0, 0.05) is 22.1 Å². The molecule has 1 aromatic heterocycles. The van der Waals surface area contributed by atoms with Gasteiger partial charge in [-0.25, -0.2) is 9.97 Å². The molecule has 0 unspecified atom stereocenters. The Hall–Kier alpha value is -0.910. The fourth-order valence-electron chi connectivity index (χ4n) is 1.39. The summed E-state index contributed by atoms with van der Waals surface area (Å²) in [4.78, 5) is 9.25.